The summed E-state index contributed by atoms with van der Waals surface area (Å²) in [5.74, 6) is 0.850. The summed E-state index contributed by atoms with van der Waals surface area (Å²) in [6.07, 6.45) is -0.472. The van der Waals surface area contributed by atoms with Crippen LogP contribution in [0.4, 0.5) is 0 Å². The number of quaternary nitrogens is 1. The molecule has 1 aliphatic rings. The van der Waals surface area contributed by atoms with Gasteiger partial charge in [-0.25, -0.2) is 0 Å². The van der Waals surface area contributed by atoms with Crippen molar-refractivity contribution in [1.82, 2.24) is 0 Å². The minimum atomic E-state index is -0.472. The molecule has 1 aromatic rings. The Morgan fingerprint density at radius 3 is 3.00 bits per heavy atom. The third kappa shape index (κ3) is 1.07. The molecule has 0 spiro atoms. The number of rotatable bonds is 0. The monoisotopic (exact) mass is 166 g/mol. The summed E-state index contributed by atoms with van der Waals surface area (Å²) in [4.78, 5) is 0. The van der Waals surface area contributed by atoms with Crippen LogP contribution in [0.2, 0.25) is 0 Å². The predicted octanol–water partition coefficient (Wildman–Crippen LogP) is -0.277. The zero-order valence-electron chi connectivity index (χ0n) is 6.73. The highest BCUT2D eigenvalue weighted by Crippen LogP contribution is 2.28. The first-order valence-corrected chi connectivity index (χ1v) is 4.02. The van der Waals surface area contributed by atoms with Gasteiger partial charge < -0.3 is 15.6 Å². The summed E-state index contributed by atoms with van der Waals surface area (Å²) in [6.45, 7) is 0.352. The molecule has 3 heteroatoms. The Bertz CT molecular complexity index is 288. The molecule has 0 radical (unpaired) electrons. The number of aliphatic hydroxyl groups excluding tert-OH is 1. The van der Waals surface area contributed by atoms with E-state index in [4.69, 9.17) is 4.74 Å². The Balaban J connectivity index is 2.42. The van der Waals surface area contributed by atoms with Crippen LogP contribution in [0.3, 0.4) is 0 Å². The van der Waals surface area contributed by atoms with E-state index in [2.05, 4.69) is 5.73 Å². The Morgan fingerprint density at radius 1 is 1.42 bits per heavy atom. The molecule has 0 aromatic heterocycles. The number of hydrogen-bond donors (Lipinski definition) is 2. The first kappa shape index (κ1) is 7.58. The quantitative estimate of drug-likeness (QED) is 0.557. The van der Waals surface area contributed by atoms with E-state index in [0.29, 0.717) is 6.61 Å². The molecular weight excluding hydrogens is 154 g/mol. The second kappa shape index (κ2) is 2.77. The van der Waals surface area contributed by atoms with Crippen molar-refractivity contribution in [3.05, 3.63) is 29.8 Å². The van der Waals surface area contributed by atoms with E-state index in [1.165, 1.54) is 0 Å². The lowest BCUT2D eigenvalue weighted by Gasteiger charge is -2.24. The first-order chi connectivity index (χ1) is 5.79. The van der Waals surface area contributed by atoms with Crippen molar-refractivity contribution in [3.8, 4) is 5.75 Å². The van der Waals surface area contributed by atoms with Crippen molar-refractivity contribution in [2.24, 2.45) is 0 Å². The Labute approximate surface area is 70.8 Å². The van der Waals surface area contributed by atoms with Gasteiger partial charge in [-0.15, -0.1) is 0 Å². The van der Waals surface area contributed by atoms with Crippen LogP contribution < -0.4 is 10.5 Å². The van der Waals surface area contributed by atoms with Gasteiger partial charge in [-0.3, -0.25) is 0 Å². The van der Waals surface area contributed by atoms with E-state index in [0.717, 1.165) is 11.3 Å². The van der Waals surface area contributed by atoms with Gasteiger partial charge in [0.1, 0.15) is 24.5 Å². The van der Waals surface area contributed by atoms with Crippen LogP contribution in [0, 0.1) is 0 Å². The molecule has 1 aliphatic heterocycles. The van der Waals surface area contributed by atoms with Crippen LogP contribution in [0.15, 0.2) is 24.3 Å². The van der Waals surface area contributed by atoms with Gasteiger partial charge in [0.15, 0.2) is 0 Å². The summed E-state index contributed by atoms with van der Waals surface area (Å²) < 4.78 is 5.32. The molecule has 0 fully saturated rings. The molecule has 3 nitrogen and oxygen atoms in total. The summed E-state index contributed by atoms with van der Waals surface area (Å²) in [5.41, 5.74) is 4.89. The highest BCUT2D eigenvalue weighted by atomic mass is 16.5. The maximum atomic E-state index is 9.44. The van der Waals surface area contributed by atoms with Gasteiger partial charge in [0.05, 0.1) is 5.56 Å². The van der Waals surface area contributed by atoms with Crippen molar-refractivity contribution in [3.63, 3.8) is 0 Å². The Morgan fingerprint density at radius 2 is 2.17 bits per heavy atom. The zero-order valence-corrected chi connectivity index (χ0v) is 6.73. The van der Waals surface area contributed by atoms with Crippen LogP contribution in [-0.4, -0.2) is 17.8 Å². The standard InChI is InChI=1S/C9H11NO2/c10-9-6-3-1-2-4-8(6)12-5-7(9)11/h1-4,7,9,11H,5,10H2/p+1/t7-,9+/m1/s1. The molecule has 0 aliphatic carbocycles. The number of aliphatic hydroxyl groups is 1. The van der Waals surface area contributed by atoms with Crippen LogP contribution in [0.25, 0.3) is 0 Å². The predicted molar refractivity (Wildman–Crippen MR) is 43.6 cm³/mol. The van der Waals surface area contributed by atoms with Gasteiger partial charge in [0.25, 0.3) is 0 Å². The van der Waals surface area contributed by atoms with Crippen LogP contribution >= 0.6 is 0 Å². The van der Waals surface area contributed by atoms with E-state index in [1.54, 1.807) is 0 Å². The summed E-state index contributed by atoms with van der Waals surface area (Å²) in [5, 5.41) is 9.44. The molecule has 0 saturated carbocycles. The third-order valence-corrected chi connectivity index (χ3v) is 2.19. The van der Waals surface area contributed by atoms with Crippen LogP contribution in [-0.2, 0) is 0 Å². The third-order valence-electron chi connectivity index (χ3n) is 2.19. The molecule has 0 bridgehead atoms. The highest BCUT2D eigenvalue weighted by Gasteiger charge is 2.28. The van der Waals surface area contributed by atoms with Gasteiger partial charge in [-0.2, -0.15) is 0 Å². The first-order valence-electron chi connectivity index (χ1n) is 4.02. The molecule has 64 valence electrons. The smallest absolute Gasteiger partial charge is 0.144 e. The fourth-order valence-electron chi connectivity index (χ4n) is 1.42. The van der Waals surface area contributed by atoms with Crippen molar-refractivity contribution in [1.29, 1.82) is 0 Å². The minimum Gasteiger partial charge on any atom is -0.490 e. The number of benzene rings is 1. The fraction of sp³-hybridized carbons (Fsp3) is 0.333. The van der Waals surface area contributed by atoms with Gasteiger partial charge >= 0.3 is 0 Å². The molecule has 0 amide bonds. The SMILES string of the molecule is [NH3+][C@H]1c2ccccc2OC[C@H]1O. The van der Waals surface area contributed by atoms with Crippen molar-refractivity contribution < 1.29 is 15.6 Å². The second-order valence-corrected chi connectivity index (χ2v) is 3.02. The van der Waals surface area contributed by atoms with E-state index in [-0.39, 0.29) is 6.04 Å². The van der Waals surface area contributed by atoms with E-state index in [1.807, 2.05) is 24.3 Å². The largest absolute Gasteiger partial charge is 0.490 e. The van der Waals surface area contributed by atoms with Crippen LogP contribution in [0.5, 0.6) is 5.75 Å². The maximum Gasteiger partial charge on any atom is 0.144 e. The van der Waals surface area contributed by atoms with Crippen LogP contribution in [0.1, 0.15) is 11.6 Å². The number of hydrogen-bond acceptors (Lipinski definition) is 2. The molecule has 2 rings (SSSR count). The molecule has 1 aromatic carbocycles. The number of para-hydroxylation sites is 1. The lowest BCUT2D eigenvalue weighted by molar-refractivity contribution is -0.448. The summed E-state index contributed by atoms with van der Waals surface area (Å²) in [6, 6.07) is 7.63. The second-order valence-electron chi connectivity index (χ2n) is 3.02. The molecular formula is C9H12NO2+. The van der Waals surface area contributed by atoms with Gasteiger partial charge in [0.2, 0.25) is 0 Å². The van der Waals surface area contributed by atoms with E-state index >= 15 is 0 Å². The number of ether oxygens (including phenoxy) is 1. The molecule has 2 atom stereocenters. The molecule has 4 N–H and O–H groups in total. The molecule has 12 heavy (non-hydrogen) atoms. The lowest BCUT2D eigenvalue weighted by atomic mass is 9.99. The fourth-order valence-corrected chi connectivity index (χ4v) is 1.42. The average molecular weight is 166 g/mol. The van der Waals surface area contributed by atoms with E-state index < -0.39 is 6.10 Å². The lowest BCUT2D eigenvalue weighted by Crippen LogP contribution is -2.61. The zero-order chi connectivity index (χ0) is 8.55. The van der Waals surface area contributed by atoms with Gasteiger partial charge in [-0.05, 0) is 12.1 Å². The van der Waals surface area contributed by atoms with Gasteiger partial charge in [0, 0.05) is 0 Å². The Hall–Kier alpha value is -1.06. The molecule has 0 saturated heterocycles. The molecule has 0 unspecified atom stereocenters. The average Bonchev–Trinajstić information content (AvgIpc) is 2.12. The van der Waals surface area contributed by atoms with Crippen molar-refractivity contribution >= 4 is 0 Å². The van der Waals surface area contributed by atoms with Crippen molar-refractivity contribution in [2.45, 2.75) is 12.1 Å². The maximum absolute atomic E-state index is 9.44. The van der Waals surface area contributed by atoms with Gasteiger partial charge in [-0.1, -0.05) is 12.1 Å². The highest BCUT2D eigenvalue weighted by molar-refractivity contribution is 5.36. The summed E-state index contributed by atoms with van der Waals surface area (Å²) >= 11 is 0. The normalized spacial score (nSPS) is 27.5. The topological polar surface area (TPSA) is 57.1 Å². The summed E-state index contributed by atoms with van der Waals surface area (Å²) in [7, 11) is 0. The molecule has 1 heterocycles. The van der Waals surface area contributed by atoms with E-state index in [9.17, 15) is 5.11 Å². The minimum absolute atomic E-state index is 0.0602. The van der Waals surface area contributed by atoms with Crippen molar-refractivity contribution in [2.75, 3.05) is 6.61 Å². The Kier molecular flexibility index (Phi) is 1.75. The number of fused-ring (bicyclic) bond motifs is 1.